The van der Waals surface area contributed by atoms with Crippen LogP contribution in [0.5, 0.6) is 0 Å². The molecular formula is C13H12N2S2. The third-order valence-electron chi connectivity index (χ3n) is 2.73. The van der Waals surface area contributed by atoms with E-state index >= 15 is 0 Å². The van der Waals surface area contributed by atoms with Crippen LogP contribution >= 0.6 is 22.7 Å². The molecule has 2 N–H and O–H groups in total. The van der Waals surface area contributed by atoms with E-state index in [4.69, 9.17) is 5.73 Å². The number of nitrogen functional groups attached to an aromatic ring is 1. The minimum Gasteiger partial charge on any atom is -0.375 e. The van der Waals surface area contributed by atoms with Gasteiger partial charge in [0.15, 0.2) is 5.13 Å². The van der Waals surface area contributed by atoms with Crippen molar-refractivity contribution in [1.82, 2.24) is 4.98 Å². The Hall–Kier alpha value is -1.39. The van der Waals surface area contributed by atoms with Crippen molar-refractivity contribution in [3.63, 3.8) is 0 Å². The van der Waals surface area contributed by atoms with Crippen LogP contribution in [0.4, 0.5) is 5.13 Å². The first-order valence-electron chi connectivity index (χ1n) is 5.37. The summed E-state index contributed by atoms with van der Waals surface area (Å²) in [6.45, 7) is 4.22. The maximum atomic E-state index is 5.76. The first-order chi connectivity index (χ1) is 8.13. The highest BCUT2D eigenvalue weighted by atomic mass is 32.1. The summed E-state index contributed by atoms with van der Waals surface area (Å²) in [6.07, 6.45) is 0. The Kier molecular flexibility index (Phi) is 2.42. The maximum absolute atomic E-state index is 5.76. The van der Waals surface area contributed by atoms with Crippen molar-refractivity contribution in [2.24, 2.45) is 0 Å². The van der Waals surface area contributed by atoms with Crippen molar-refractivity contribution in [1.29, 1.82) is 0 Å². The van der Waals surface area contributed by atoms with Crippen molar-refractivity contribution < 1.29 is 0 Å². The van der Waals surface area contributed by atoms with E-state index in [-0.39, 0.29) is 0 Å². The molecule has 17 heavy (non-hydrogen) atoms. The van der Waals surface area contributed by atoms with E-state index < -0.39 is 0 Å². The molecule has 0 amide bonds. The molecule has 2 heterocycles. The van der Waals surface area contributed by atoms with Crippen LogP contribution in [-0.4, -0.2) is 4.98 Å². The molecule has 0 saturated heterocycles. The zero-order valence-electron chi connectivity index (χ0n) is 9.65. The molecule has 0 saturated carbocycles. The zero-order chi connectivity index (χ0) is 12.0. The molecule has 0 aliphatic rings. The van der Waals surface area contributed by atoms with Crippen molar-refractivity contribution >= 4 is 38.0 Å². The van der Waals surface area contributed by atoms with Gasteiger partial charge in [-0.3, -0.25) is 0 Å². The second-order valence-corrected chi connectivity index (χ2v) is 6.45. The fourth-order valence-corrected chi connectivity index (χ4v) is 3.65. The molecule has 0 unspecified atom stereocenters. The third-order valence-corrected chi connectivity index (χ3v) is 4.61. The van der Waals surface area contributed by atoms with E-state index in [9.17, 15) is 0 Å². The summed E-state index contributed by atoms with van der Waals surface area (Å²) in [5, 5.41) is 0.641. The standard InChI is InChI=1S/C13H12N2S2/c1-7-5-9(10-4-3-8(2)16-10)6-11-12(7)15-13(14)17-11/h3-6H,1-2H3,(H2,14,15). The highest BCUT2D eigenvalue weighted by Gasteiger charge is 2.08. The summed E-state index contributed by atoms with van der Waals surface area (Å²) in [5.41, 5.74) is 9.25. The van der Waals surface area contributed by atoms with Gasteiger partial charge in [-0.2, -0.15) is 0 Å². The van der Waals surface area contributed by atoms with Gasteiger partial charge in [0.1, 0.15) is 0 Å². The normalized spacial score (nSPS) is 11.2. The van der Waals surface area contributed by atoms with Gasteiger partial charge in [0.05, 0.1) is 10.2 Å². The number of thiophene rings is 1. The maximum Gasteiger partial charge on any atom is 0.181 e. The molecule has 0 radical (unpaired) electrons. The van der Waals surface area contributed by atoms with Gasteiger partial charge in [-0.25, -0.2) is 4.98 Å². The number of nitrogens with two attached hydrogens (primary N) is 1. The zero-order valence-corrected chi connectivity index (χ0v) is 11.3. The number of hydrogen-bond donors (Lipinski definition) is 1. The lowest BCUT2D eigenvalue weighted by molar-refractivity contribution is 1.43. The number of aryl methyl sites for hydroxylation is 2. The van der Waals surface area contributed by atoms with Gasteiger partial charge < -0.3 is 5.73 Å². The van der Waals surface area contributed by atoms with Crippen LogP contribution in [0, 0.1) is 13.8 Å². The summed E-state index contributed by atoms with van der Waals surface area (Å²) < 4.78 is 1.17. The smallest absolute Gasteiger partial charge is 0.181 e. The molecule has 0 aliphatic heterocycles. The lowest BCUT2D eigenvalue weighted by Crippen LogP contribution is -1.82. The summed E-state index contributed by atoms with van der Waals surface area (Å²) in [7, 11) is 0. The number of nitrogens with zero attached hydrogens (tertiary/aromatic N) is 1. The fraction of sp³-hybridized carbons (Fsp3) is 0.154. The largest absolute Gasteiger partial charge is 0.375 e. The minimum absolute atomic E-state index is 0.641. The van der Waals surface area contributed by atoms with Crippen LogP contribution in [0.3, 0.4) is 0 Å². The molecule has 3 rings (SSSR count). The Morgan fingerprint density at radius 1 is 1.12 bits per heavy atom. The van der Waals surface area contributed by atoms with Gasteiger partial charge in [-0.05, 0) is 49.2 Å². The van der Waals surface area contributed by atoms with E-state index in [0.717, 1.165) is 5.52 Å². The fourth-order valence-electron chi connectivity index (χ4n) is 1.95. The average Bonchev–Trinajstić information content (AvgIpc) is 2.83. The summed E-state index contributed by atoms with van der Waals surface area (Å²) in [4.78, 5) is 6.99. The first kappa shape index (κ1) is 10.7. The molecular weight excluding hydrogens is 248 g/mol. The molecule has 0 spiro atoms. The lowest BCUT2D eigenvalue weighted by Gasteiger charge is -2.00. The number of thiazole rings is 1. The molecule has 1 aromatic carbocycles. The van der Waals surface area contributed by atoms with E-state index in [0.29, 0.717) is 5.13 Å². The molecule has 0 fully saturated rings. The Morgan fingerprint density at radius 2 is 1.94 bits per heavy atom. The first-order valence-corrected chi connectivity index (χ1v) is 7.00. The van der Waals surface area contributed by atoms with Crippen LogP contribution in [0.25, 0.3) is 20.7 Å². The van der Waals surface area contributed by atoms with Crippen molar-refractivity contribution in [2.75, 3.05) is 5.73 Å². The highest BCUT2D eigenvalue weighted by molar-refractivity contribution is 7.22. The van der Waals surface area contributed by atoms with Crippen LogP contribution in [0.15, 0.2) is 24.3 Å². The SMILES string of the molecule is Cc1ccc(-c2cc(C)c3nc(N)sc3c2)s1. The Balaban J connectivity index is 2.24. The van der Waals surface area contributed by atoms with E-state index in [1.807, 2.05) is 11.3 Å². The van der Waals surface area contributed by atoms with Crippen LogP contribution in [0.1, 0.15) is 10.4 Å². The van der Waals surface area contributed by atoms with Crippen LogP contribution in [0.2, 0.25) is 0 Å². The number of aromatic nitrogens is 1. The molecule has 0 bridgehead atoms. The van der Waals surface area contributed by atoms with E-state index in [2.05, 4.69) is 43.1 Å². The summed E-state index contributed by atoms with van der Waals surface area (Å²) in [5.74, 6) is 0. The molecule has 3 aromatic rings. The summed E-state index contributed by atoms with van der Waals surface area (Å²) >= 11 is 3.37. The van der Waals surface area contributed by atoms with E-state index in [1.54, 1.807) is 11.3 Å². The van der Waals surface area contributed by atoms with Crippen molar-refractivity contribution in [3.8, 4) is 10.4 Å². The number of benzene rings is 1. The second kappa shape index (κ2) is 3.82. The quantitative estimate of drug-likeness (QED) is 0.711. The number of fused-ring (bicyclic) bond motifs is 1. The van der Waals surface area contributed by atoms with Gasteiger partial charge in [-0.1, -0.05) is 11.3 Å². The average molecular weight is 260 g/mol. The van der Waals surface area contributed by atoms with Crippen molar-refractivity contribution in [2.45, 2.75) is 13.8 Å². The Labute approximate surface area is 108 Å². The number of anilines is 1. The molecule has 0 aliphatic carbocycles. The summed E-state index contributed by atoms with van der Waals surface area (Å²) in [6, 6.07) is 8.69. The number of rotatable bonds is 1. The van der Waals surface area contributed by atoms with Gasteiger partial charge in [-0.15, -0.1) is 11.3 Å². The molecule has 2 aromatic heterocycles. The minimum atomic E-state index is 0.641. The predicted octanol–water partition coefficient (Wildman–Crippen LogP) is 4.22. The van der Waals surface area contributed by atoms with Gasteiger partial charge in [0.2, 0.25) is 0 Å². The Morgan fingerprint density at radius 3 is 2.65 bits per heavy atom. The van der Waals surface area contributed by atoms with Gasteiger partial charge in [0.25, 0.3) is 0 Å². The van der Waals surface area contributed by atoms with Crippen LogP contribution < -0.4 is 5.73 Å². The third kappa shape index (κ3) is 1.83. The second-order valence-electron chi connectivity index (χ2n) is 4.10. The molecule has 2 nitrogen and oxygen atoms in total. The molecule has 4 heteroatoms. The molecule has 86 valence electrons. The Bertz CT molecular complexity index is 695. The van der Waals surface area contributed by atoms with Crippen LogP contribution in [-0.2, 0) is 0 Å². The lowest BCUT2D eigenvalue weighted by atomic mass is 10.1. The van der Waals surface area contributed by atoms with Gasteiger partial charge >= 0.3 is 0 Å². The van der Waals surface area contributed by atoms with Crippen molar-refractivity contribution in [3.05, 3.63) is 34.7 Å². The highest BCUT2D eigenvalue weighted by Crippen LogP contribution is 2.34. The number of hydrogen-bond acceptors (Lipinski definition) is 4. The van der Waals surface area contributed by atoms with E-state index in [1.165, 1.54) is 25.6 Å². The predicted molar refractivity (Wildman–Crippen MR) is 76.8 cm³/mol. The topological polar surface area (TPSA) is 38.9 Å². The monoisotopic (exact) mass is 260 g/mol. The molecule has 0 atom stereocenters. The van der Waals surface area contributed by atoms with Gasteiger partial charge in [0, 0.05) is 9.75 Å².